The largest absolute Gasteiger partial charge is 4.00 e. The Bertz CT molecular complexity index is 1020. The number of aliphatic hydroxyl groups is 2. The molecular weight excluding hydrogens is 638 g/mol. The molecule has 0 spiro atoms. The molecule has 0 aliphatic rings. The zero-order valence-electron chi connectivity index (χ0n) is 25.2. The van der Waals surface area contributed by atoms with Gasteiger partial charge in [0, 0.05) is 11.1 Å². The second kappa shape index (κ2) is 19.6. The average Bonchev–Trinajstić information content (AvgIpc) is 2.83. The van der Waals surface area contributed by atoms with Gasteiger partial charge in [-0.25, -0.2) is 43.9 Å². The van der Waals surface area contributed by atoms with Crippen LogP contribution in [-0.4, -0.2) is 49.5 Å². The van der Waals surface area contributed by atoms with Gasteiger partial charge in [-0.15, -0.1) is 0 Å². The van der Waals surface area contributed by atoms with E-state index in [2.05, 4.69) is 21.3 Å². The van der Waals surface area contributed by atoms with Gasteiger partial charge in [-0.1, -0.05) is 0 Å². The molecule has 0 amide bonds. The molecule has 43 heavy (non-hydrogen) atoms. The van der Waals surface area contributed by atoms with Crippen LogP contribution in [0.5, 0.6) is 0 Å². The Kier molecular flexibility index (Phi) is 20.8. The second-order valence-corrected chi connectivity index (χ2v) is 10.5. The monoisotopic (exact) mass is 674 g/mol. The molecule has 2 atom stereocenters. The maximum atomic E-state index is 13.3. The predicted octanol–water partition coefficient (Wildman–Crippen LogP) is 6.76. The number of hydrogen-bond donors (Lipinski definition) is 4. The van der Waals surface area contributed by atoms with Crippen LogP contribution in [-0.2, 0) is 21.7 Å². The van der Waals surface area contributed by atoms with Crippen molar-refractivity contribution < 1.29 is 75.8 Å². The molecule has 17 heteroatoms. The molecule has 0 heterocycles. The number of hydrogen-bond acceptors (Lipinski definition) is 4. The molecule has 2 unspecified atom stereocenters. The molecule has 0 aromatic heterocycles. The van der Waals surface area contributed by atoms with Crippen LogP contribution in [0.2, 0.25) is 0 Å². The van der Waals surface area contributed by atoms with Gasteiger partial charge in [-0.3, -0.25) is 10.6 Å². The van der Waals surface area contributed by atoms with Crippen molar-refractivity contribution in [3.05, 3.63) is 79.9 Å². The molecule has 0 fully saturated rings. The van der Waals surface area contributed by atoms with Gasteiger partial charge in [-0.2, -0.15) is 28.2 Å². The average molecular weight is 674 g/mol. The first-order valence-corrected chi connectivity index (χ1v) is 11.8. The van der Waals surface area contributed by atoms with Crippen LogP contribution in [0.3, 0.4) is 0 Å². The molecule has 0 radical (unpaired) electrons. The number of halogens is 10. The van der Waals surface area contributed by atoms with Crippen LogP contribution in [0.15, 0.2) is 0 Å². The second-order valence-electron chi connectivity index (χ2n) is 10.5. The minimum Gasteiger partial charge on any atom is -0.668 e. The Morgan fingerprint density at radius 3 is 0.721 bits per heavy atom. The first-order chi connectivity index (χ1) is 18.9. The summed E-state index contributed by atoms with van der Waals surface area (Å²) < 4.78 is 130. The SMILES string of the molecule is CC(C)(C)NC(O)c1c(F)c(F)c(F)c(F)c1F.CC(C)(C)NC(O)c1c(F)c(F)c(F)c(F)c1F.C[N-]C.C[N-]C.[Ti+4]. The van der Waals surface area contributed by atoms with E-state index in [0.29, 0.717) is 0 Å². The zero-order valence-corrected chi connectivity index (χ0v) is 26.8. The van der Waals surface area contributed by atoms with Crippen molar-refractivity contribution in [2.45, 2.75) is 65.1 Å². The third-order valence-corrected chi connectivity index (χ3v) is 4.17. The molecule has 244 valence electrons. The molecule has 6 nitrogen and oxygen atoms in total. The molecular formula is C26H36F10N4O2Ti+2. The van der Waals surface area contributed by atoms with E-state index < -0.39 is 92.8 Å². The summed E-state index contributed by atoms with van der Waals surface area (Å²) in [6.07, 6.45) is -4.01. The smallest absolute Gasteiger partial charge is 0.668 e. The fourth-order valence-electron chi connectivity index (χ4n) is 2.69. The van der Waals surface area contributed by atoms with Crippen LogP contribution in [0.25, 0.3) is 10.6 Å². The minimum atomic E-state index is -2.25. The number of rotatable bonds is 4. The summed E-state index contributed by atoms with van der Waals surface area (Å²) in [4.78, 5) is 0. The van der Waals surface area contributed by atoms with E-state index in [1.807, 2.05) is 0 Å². The van der Waals surface area contributed by atoms with E-state index in [1.165, 1.54) is 0 Å². The molecule has 0 saturated heterocycles. The quantitative estimate of drug-likeness (QED) is 0.0949. The Morgan fingerprint density at radius 2 is 0.581 bits per heavy atom. The standard InChI is InChI=1S/2C11H12F5NO.2C2H6N.Ti/c2*1-11(2,3)17-10(18)4-5(12)7(14)9(16)8(15)6(4)13;2*1-3-2;/h2*10,17-18H,1-3H3;2*1-2H3;/q;;2*-1;+4. The zero-order chi connectivity index (χ0) is 33.9. The van der Waals surface area contributed by atoms with Gasteiger partial charge < -0.3 is 20.8 Å². The fraction of sp³-hybridized carbons (Fsp3) is 0.538. The van der Waals surface area contributed by atoms with Gasteiger partial charge >= 0.3 is 21.7 Å². The number of nitrogens with one attached hydrogen (secondary N) is 2. The number of nitrogens with zero attached hydrogens (tertiary/aromatic N) is 2. The normalized spacial score (nSPS) is 12.4. The first-order valence-electron chi connectivity index (χ1n) is 11.8. The molecule has 0 aliphatic heterocycles. The Morgan fingerprint density at radius 1 is 0.442 bits per heavy atom. The van der Waals surface area contributed by atoms with Crippen LogP contribution in [0.1, 0.15) is 65.1 Å². The number of benzene rings is 2. The van der Waals surface area contributed by atoms with Crippen molar-refractivity contribution in [1.82, 2.24) is 10.6 Å². The van der Waals surface area contributed by atoms with E-state index in [9.17, 15) is 54.1 Å². The minimum absolute atomic E-state index is 0. The van der Waals surface area contributed by atoms with E-state index in [-0.39, 0.29) is 21.7 Å². The summed E-state index contributed by atoms with van der Waals surface area (Å²) in [5, 5.41) is 30.6. The third kappa shape index (κ3) is 14.2. The van der Waals surface area contributed by atoms with Gasteiger partial charge in [0.25, 0.3) is 0 Å². The summed E-state index contributed by atoms with van der Waals surface area (Å²) in [6.45, 7) is 9.35. The Balaban J connectivity index is -0.000000616. The van der Waals surface area contributed by atoms with Crippen molar-refractivity contribution in [2.24, 2.45) is 0 Å². The maximum absolute atomic E-state index is 13.3. The van der Waals surface area contributed by atoms with Crippen molar-refractivity contribution in [1.29, 1.82) is 0 Å². The summed E-state index contributed by atoms with van der Waals surface area (Å²) in [6, 6.07) is 0. The van der Waals surface area contributed by atoms with Gasteiger partial charge in [0.05, 0.1) is 11.1 Å². The van der Waals surface area contributed by atoms with E-state index in [1.54, 1.807) is 69.7 Å². The molecule has 2 aromatic rings. The molecule has 0 bridgehead atoms. The molecule has 4 N–H and O–H groups in total. The van der Waals surface area contributed by atoms with Gasteiger partial charge in [0.15, 0.2) is 46.5 Å². The van der Waals surface area contributed by atoms with Crippen LogP contribution in [0, 0.1) is 58.2 Å². The van der Waals surface area contributed by atoms with Crippen LogP contribution >= 0.6 is 0 Å². The Hall–Kier alpha value is -1.79. The van der Waals surface area contributed by atoms with E-state index in [0.717, 1.165) is 0 Å². The molecule has 0 saturated carbocycles. The summed E-state index contributed by atoms with van der Waals surface area (Å²) in [5.41, 5.74) is -4.14. The summed E-state index contributed by atoms with van der Waals surface area (Å²) in [7, 11) is 7.00. The molecule has 0 aliphatic carbocycles. The van der Waals surface area contributed by atoms with Crippen molar-refractivity contribution in [3.8, 4) is 0 Å². The van der Waals surface area contributed by atoms with E-state index in [4.69, 9.17) is 0 Å². The third-order valence-electron chi connectivity index (χ3n) is 4.17. The number of aliphatic hydroxyl groups excluding tert-OH is 2. The summed E-state index contributed by atoms with van der Waals surface area (Å²) >= 11 is 0. The molecule has 2 aromatic carbocycles. The fourth-order valence-corrected chi connectivity index (χ4v) is 2.69. The topological polar surface area (TPSA) is 92.7 Å². The first kappa shape index (κ1) is 45.6. The summed E-state index contributed by atoms with van der Waals surface area (Å²) in [5.74, 6) is -21.0. The van der Waals surface area contributed by atoms with Crippen LogP contribution < -0.4 is 10.6 Å². The van der Waals surface area contributed by atoms with Crippen molar-refractivity contribution in [2.75, 3.05) is 28.2 Å². The van der Waals surface area contributed by atoms with Gasteiger partial charge in [-0.05, 0) is 41.5 Å². The predicted molar refractivity (Wildman–Crippen MR) is 139 cm³/mol. The van der Waals surface area contributed by atoms with Gasteiger partial charge in [0.1, 0.15) is 12.5 Å². The van der Waals surface area contributed by atoms with Crippen LogP contribution in [0.4, 0.5) is 43.9 Å². The Labute approximate surface area is 259 Å². The van der Waals surface area contributed by atoms with Crippen molar-refractivity contribution >= 4 is 0 Å². The van der Waals surface area contributed by atoms with E-state index >= 15 is 0 Å². The van der Waals surface area contributed by atoms with Gasteiger partial charge in [0.2, 0.25) is 11.6 Å². The maximum Gasteiger partial charge on any atom is 4.00 e. The molecule has 2 rings (SSSR count). The van der Waals surface area contributed by atoms with Crippen molar-refractivity contribution in [3.63, 3.8) is 0 Å².